The van der Waals surface area contributed by atoms with Gasteiger partial charge in [0, 0.05) is 25.1 Å². The minimum absolute atomic E-state index is 0. The first-order valence-electron chi connectivity index (χ1n) is 7.87. The first-order chi connectivity index (χ1) is 11.9. The molecule has 134 valence electrons. The number of carboxylic acid groups (broad SMARTS) is 1. The third kappa shape index (κ3) is 3.01. The normalized spacial score (nSPS) is 26.4. The summed E-state index contributed by atoms with van der Waals surface area (Å²) < 4.78 is 0.779. The first-order valence-corrected chi connectivity index (χ1v) is 9.67. The molecule has 2 amide bonds. The Kier molecular flexibility index (Phi) is 5.51. The van der Waals surface area contributed by atoms with Crippen LogP contribution < -0.4 is 0 Å². The molecule has 3 aliphatic heterocycles. The van der Waals surface area contributed by atoms with Crippen LogP contribution in [0.4, 0.5) is 0 Å². The van der Waals surface area contributed by atoms with Gasteiger partial charge in [-0.05, 0) is 18.9 Å². The van der Waals surface area contributed by atoms with Gasteiger partial charge in [-0.1, -0.05) is 23.1 Å². The Morgan fingerprint density at radius 2 is 2.12 bits per heavy atom. The van der Waals surface area contributed by atoms with E-state index in [-0.39, 0.29) is 59.0 Å². The standard InChI is InChI=1S/C15H16N4O4S2.Na.H/c1-6-16-17-15(25-6)24-5-9-3-8-4-18(7(2)20)12-10(8)19(13(12)21)11(9)14(22)23;;/h8,10,12H,3-5H2,1-2H3,(H,22,23);;/t8-,10-,12+;;/m1../s1. The maximum absolute atomic E-state index is 12.5. The van der Waals surface area contributed by atoms with Crippen LogP contribution in [0.3, 0.4) is 0 Å². The van der Waals surface area contributed by atoms with E-state index in [0.717, 1.165) is 14.9 Å². The van der Waals surface area contributed by atoms with Gasteiger partial charge < -0.3 is 10.0 Å². The van der Waals surface area contributed by atoms with Gasteiger partial charge in [-0.25, -0.2) is 4.79 Å². The van der Waals surface area contributed by atoms with Crippen molar-refractivity contribution in [1.29, 1.82) is 0 Å². The van der Waals surface area contributed by atoms with Crippen molar-refractivity contribution in [1.82, 2.24) is 20.0 Å². The van der Waals surface area contributed by atoms with Crippen molar-refractivity contribution in [2.45, 2.75) is 36.7 Å². The van der Waals surface area contributed by atoms with Crippen molar-refractivity contribution in [2.24, 2.45) is 5.92 Å². The van der Waals surface area contributed by atoms with Gasteiger partial charge in [-0.2, -0.15) is 0 Å². The fraction of sp³-hybridized carbons (Fsp3) is 0.533. The number of likely N-dealkylation sites (tertiary alicyclic amines) is 1. The molecule has 0 spiro atoms. The summed E-state index contributed by atoms with van der Waals surface area (Å²) in [5, 5.41) is 18.5. The average molecular weight is 404 g/mol. The number of carbonyl (C=O) groups is 3. The van der Waals surface area contributed by atoms with Crippen molar-refractivity contribution in [3.63, 3.8) is 0 Å². The average Bonchev–Trinajstić information content (AvgIpc) is 3.12. The second kappa shape index (κ2) is 7.23. The Labute approximate surface area is 180 Å². The molecule has 0 unspecified atom stereocenters. The third-order valence-corrected chi connectivity index (χ3v) is 6.99. The molecule has 4 rings (SSSR count). The van der Waals surface area contributed by atoms with Gasteiger partial charge in [-0.15, -0.1) is 10.2 Å². The monoisotopic (exact) mass is 404 g/mol. The van der Waals surface area contributed by atoms with E-state index >= 15 is 0 Å². The molecule has 3 atom stereocenters. The summed E-state index contributed by atoms with van der Waals surface area (Å²) in [4.78, 5) is 39.1. The number of hydrogen-bond acceptors (Lipinski definition) is 7. The number of thioether (sulfide) groups is 1. The van der Waals surface area contributed by atoms with E-state index in [9.17, 15) is 19.5 Å². The molecule has 8 nitrogen and oxygen atoms in total. The molecule has 1 aromatic heterocycles. The van der Waals surface area contributed by atoms with Crippen LogP contribution in [0.15, 0.2) is 15.6 Å². The second-order valence-corrected chi connectivity index (χ2v) is 8.82. The van der Waals surface area contributed by atoms with Crippen LogP contribution in [0.1, 0.15) is 18.4 Å². The molecule has 1 aromatic rings. The van der Waals surface area contributed by atoms with Gasteiger partial charge >= 0.3 is 35.5 Å². The van der Waals surface area contributed by atoms with E-state index in [2.05, 4.69) is 10.2 Å². The summed E-state index contributed by atoms with van der Waals surface area (Å²) in [5.74, 6) is -0.954. The number of hydrogen-bond donors (Lipinski definition) is 1. The maximum atomic E-state index is 12.5. The summed E-state index contributed by atoms with van der Waals surface area (Å²) in [6, 6.07) is -0.683. The fourth-order valence-corrected chi connectivity index (χ4v) is 5.82. The van der Waals surface area contributed by atoms with Crippen LogP contribution in [-0.4, -0.2) is 96.8 Å². The molecule has 3 aliphatic rings. The Hall–Kier alpha value is -0.940. The van der Waals surface area contributed by atoms with Gasteiger partial charge in [0.05, 0.1) is 6.04 Å². The second-order valence-electron chi connectivity index (χ2n) is 6.41. The van der Waals surface area contributed by atoms with Gasteiger partial charge in [0.2, 0.25) is 5.91 Å². The SMILES string of the molecule is CC(=O)N1C[C@H]2CC(CSc3nnc(C)s3)=C(C(=O)O)N3C(=O)[C@@H]1[C@@H]23.[NaH]. The Bertz CT molecular complexity index is 826. The molecular weight excluding hydrogens is 387 g/mol. The number of carboxylic acids is 1. The van der Waals surface area contributed by atoms with Crippen molar-refractivity contribution < 1.29 is 19.5 Å². The molecule has 4 heterocycles. The van der Waals surface area contributed by atoms with Crippen LogP contribution in [0.25, 0.3) is 0 Å². The number of carbonyl (C=O) groups excluding carboxylic acids is 2. The summed E-state index contributed by atoms with van der Waals surface area (Å²) in [6.07, 6.45) is 0.584. The molecule has 0 bridgehead atoms. The van der Waals surface area contributed by atoms with Gasteiger partial charge in [0.1, 0.15) is 16.7 Å². The minimum atomic E-state index is -1.09. The van der Waals surface area contributed by atoms with E-state index in [1.54, 1.807) is 4.90 Å². The zero-order valence-electron chi connectivity index (χ0n) is 13.6. The number of nitrogens with zero attached hydrogens (tertiary/aromatic N) is 4. The predicted octanol–water partition coefficient (Wildman–Crippen LogP) is 0.0902. The number of aromatic nitrogens is 2. The van der Waals surface area contributed by atoms with E-state index in [1.807, 2.05) is 6.92 Å². The number of β-lactam (4-membered cyclic amide) rings is 1. The quantitative estimate of drug-likeness (QED) is 0.431. The first kappa shape index (κ1) is 19.8. The van der Waals surface area contributed by atoms with Crippen LogP contribution >= 0.6 is 23.1 Å². The van der Waals surface area contributed by atoms with Crippen molar-refractivity contribution in [3.8, 4) is 0 Å². The predicted molar refractivity (Wildman–Crippen MR) is 97.1 cm³/mol. The summed E-state index contributed by atoms with van der Waals surface area (Å²) in [6.45, 7) is 3.82. The zero-order chi connectivity index (χ0) is 17.9. The number of rotatable bonds is 4. The molecule has 0 radical (unpaired) electrons. The van der Waals surface area contributed by atoms with E-state index in [4.69, 9.17) is 0 Å². The third-order valence-electron chi connectivity index (χ3n) is 4.93. The van der Waals surface area contributed by atoms with Crippen molar-refractivity contribution >= 4 is 70.4 Å². The molecule has 0 aromatic carbocycles. The molecule has 0 saturated carbocycles. The molecule has 1 N–H and O–H groups in total. The molecule has 26 heavy (non-hydrogen) atoms. The van der Waals surface area contributed by atoms with E-state index in [1.165, 1.54) is 34.9 Å². The van der Waals surface area contributed by atoms with Gasteiger partial charge in [-0.3, -0.25) is 14.5 Å². The molecular formula is C15H17N4NaO4S2. The molecule has 11 heteroatoms. The van der Waals surface area contributed by atoms with Crippen LogP contribution in [0.5, 0.6) is 0 Å². The fourth-order valence-electron chi connectivity index (χ4n) is 3.97. The van der Waals surface area contributed by atoms with Gasteiger partial charge in [0.25, 0.3) is 5.91 Å². The van der Waals surface area contributed by atoms with Crippen molar-refractivity contribution in [3.05, 3.63) is 16.3 Å². The summed E-state index contributed by atoms with van der Waals surface area (Å²) in [7, 11) is 0. The molecule has 2 saturated heterocycles. The Morgan fingerprint density at radius 3 is 2.69 bits per heavy atom. The number of amides is 2. The number of aryl methyl sites for hydroxylation is 1. The zero-order valence-corrected chi connectivity index (χ0v) is 15.3. The van der Waals surface area contributed by atoms with Gasteiger partial charge in [0.15, 0.2) is 4.34 Å². The van der Waals surface area contributed by atoms with E-state index in [0.29, 0.717) is 18.7 Å². The van der Waals surface area contributed by atoms with E-state index < -0.39 is 12.0 Å². The Morgan fingerprint density at radius 1 is 1.38 bits per heavy atom. The molecule has 2 fully saturated rings. The number of aliphatic carboxylic acids is 1. The van der Waals surface area contributed by atoms with Crippen molar-refractivity contribution in [2.75, 3.05) is 12.3 Å². The molecule has 0 aliphatic carbocycles. The Balaban J connectivity index is 0.00000196. The van der Waals surface area contributed by atoms with Crippen LogP contribution in [0, 0.1) is 12.8 Å². The van der Waals surface area contributed by atoms with Crippen LogP contribution in [-0.2, 0) is 14.4 Å². The summed E-state index contributed by atoms with van der Waals surface area (Å²) >= 11 is 2.89. The van der Waals surface area contributed by atoms with Crippen LogP contribution in [0.2, 0.25) is 0 Å². The summed E-state index contributed by atoms with van der Waals surface area (Å²) in [5.41, 5.74) is 0.811. The topological polar surface area (TPSA) is 104 Å².